The number of rotatable bonds is 8. The van der Waals surface area contributed by atoms with E-state index >= 15 is 0 Å². The van der Waals surface area contributed by atoms with E-state index < -0.39 is 0 Å². The molecule has 0 saturated heterocycles. The summed E-state index contributed by atoms with van der Waals surface area (Å²) in [5.41, 5.74) is 5.33. The molecule has 4 nitrogen and oxygen atoms in total. The summed E-state index contributed by atoms with van der Waals surface area (Å²) in [5.74, 6) is 7.54. The van der Waals surface area contributed by atoms with Crippen LogP contribution in [0.15, 0.2) is 24.3 Å². The molecule has 3 N–H and O–H groups in total. The third-order valence-electron chi connectivity index (χ3n) is 4.42. The van der Waals surface area contributed by atoms with Crippen LogP contribution in [0, 0.1) is 5.92 Å². The maximum absolute atomic E-state index is 5.80. The van der Waals surface area contributed by atoms with E-state index in [-0.39, 0.29) is 6.04 Å². The van der Waals surface area contributed by atoms with Crippen molar-refractivity contribution in [2.45, 2.75) is 59.0 Å². The first-order valence-corrected chi connectivity index (χ1v) is 8.15. The third kappa shape index (κ3) is 3.44. The third-order valence-corrected chi connectivity index (χ3v) is 4.42. The highest BCUT2D eigenvalue weighted by atomic mass is 15.2. The molecule has 0 aliphatic heterocycles. The van der Waals surface area contributed by atoms with E-state index in [4.69, 9.17) is 10.8 Å². The molecule has 1 heterocycles. The number of hydrogen-bond donors (Lipinski definition) is 2. The summed E-state index contributed by atoms with van der Waals surface area (Å²) in [6.07, 6.45) is 4.27. The van der Waals surface area contributed by atoms with E-state index in [0.717, 1.165) is 43.6 Å². The lowest BCUT2D eigenvalue weighted by Crippen LogP contribution is -2.42. The van der Waals surface area contributed by atoms with Gasteiger partial charge in [0.1, 0.15) is 5.82 Å². The van der Waals surface area contributed by atoms with Crippen molar-refractivity contribution in [3.8, 4) is 0 Å². The molecule has 116 valence electrons. The Kier molecular flexibility index (Phi) is 5.76. The summed E-state index contributed by atoms with van der Waals surface area (Å²) in [4.78, 5) is 4.84. The molecule has 1 aromatic heterocycles. The van der Waals surface area contributed by atoms with Crippen LogP contribution in [0.2, 0.25) is 0 Å². The Balaban J connectivity index is 2.33. The van der Waals surface area contributed by atoms with Gasteiger partial charge in [-0.15, -0.1) is 0 Å². The van der Waals surface area contributed by atoms with Crippen molar-refractivity contribution in [1.29, 1.82) is 0 Å². The van der Waals surface area contributed by atoms with Gasteiger partial charge in [-0.3, -0.25) is 11.3 Å². The van der Waals surface area contributed by atoms with E-state index in [1.165, 1.54) is 5.52 Å². The number of fused-ring (bicyclic) bond motifs is 1. The Bertz CT molecular complexity index is 557. The van der Waals surface area contributed by atoms with Crippen LogP contribution in [0.1, 0.15) is 45.9 Å². The highest BCUT2D eigenvalue weighted by molar-refractivity contribution is 5.75. The second kappa shape index (κ2) is 7.57. The lowest BCUT2D eigenvalue weighted by molar-refractivity contribution is 0.329. The van der Waals surface area contributed by atoms with E-state index in [1.807, 2.05) is 0 Å². The predicted molar refractivity (Wildman–Crippen MR) is 88.9 cm³/mol. The summed E-state index contributed by atoms with van der Waals surface area (Å²) in [7, 11) is 0. The molecule has 21 heavy (non-hydrogen) atoms. The minimum atomic E-state index is 0.285. The standard InChI is InChI=1S/C17H28N4/c1-4-11-21-16-10-8-7-9-14(16)19-17(21)12-15(20-18)13(5-2)6-3/h7-10,13,15,20H,4-6,11-12,18H2,1-3H3. The summed E-state index contributed by atoms with van der Waals surface area (Å²) in [6.45, 7) is 7.68. The first-order chi connectivity index (χ1) is 10.2. The number of imidazole rings is 1. The highest BCUT2D eigenvalue weighted by Gasteiger charge is 2.21. The largest absolute Gasteiger partial charge is 0.328 e. The van der Waals surface area contributed by atoms with Crippen LogP contribution < -0.4 is 11.3 Å². The summed E-state index contributed by atoms with van der Waals surface area (Å²) in [5, 5.41) is 0. The number of nitrogens with zero attached hydrogens (tertiary/aromatic N) is 2. The topological polar surface area (TPSA) is 55.9 Å². The molecule has 0 radical (unpaired) electrons. The summed E-state index contributed by atoms with van der Waals surface area (Å²) in [6, 6.07) is 8.66. The van der Waals surface area contributed by atoms with Crippen LogP contribution in [-0.2, 0) is 13.0 Å². The second-order valence-corrected chi connectivity index (χ2v) is 5.72. The van der Waals surface area contributed by atoms with Gasteiger partial charge < -0.3 is 4.57 Å². The van der Waals surface area contributed by atoms with Gasteiger partial charge in [-0.2, -0.15) is 0 Å². The van der Waals surface area contributed by atoms with Gasteiger partial charge in [-0.1, -0.05) is 45.7 Å². The SMILES string of the molecule is CCCn1c(CC(NN)C(CC)CC)nc2ccccc21. The van der Waals surface area contributed by atoms with Crippen LogP contribution in [-0.4, -0.2) is 15.6 Å². The van der Waals surface area contributed by atoms with Gasteiger partial charge in [-0.25, -0.2) is 4.98 Å². The first-order valence-electron chi connectivity index (χ1n) is 8.15. The molecule has 2 aromatic rings. The first kappa shape index (κ1) is 16.0. The fourth-order valence-electron chi connectivity index (χ4n) is 3.17. The highest BCUT2D eigenvalue weighted by Crippen LogP contribution is 2.21. The molecule has 0 spiro atoms. The average molecular weight is 288 g/mol. The predicted octanol–water partition coefficient (Wildman–Crippen LogP) is 3.26. The summed E-state index contributed by atoms with van der Waals surface area (Å²) >= 11 is 0. The molecule has 0 saturated carbocycles. The number of benzene rings is 1. The summed E-state index contributed by atoms with van der Waals surface area (Å²) < 4.78 is 2.35. The normalized spacial score (nSPS) is 13.2. The second-order valence-electron chi connectivity index (χ2n) is 5.72. The number of aromatic nitrogens is 2. The van der Waals surface area contributed by atoms with Gasteiger partial charge in [0.25, 0.3) is 0 Å². The Morgan fingerprint density at radius 1 is 1.19 bits per heavy atom. The van der Waals surface area contributed by atoms with E-state index in [0.29, 0.717) is 5.92 Å². The molecule has 0 amide bonds. The zero-order valence-electron chi connectivity index (χ0n) is 13.5. The minimum absolute atomic E-state index is 0.285. The van der Waals surface area contributed by atoms with Gasteiger partial charge in [-0.05, 0) is 24.5 Å². The molecule has 0 aliphatic carbocycles. The lowest BCUT2D eigenvalue weighted by atomic mass is 9.92. The molecule has 0 fully saturated rings. The number of nitrogens with two attached hydrogens (primary N) is 1. The maximum Gasteiger partial charge on any atom is 0.111 e. The molecule has 1 aromatic carbocycles. The molecular formula is C17H28N4. The van der Waals surface area contributed by atoms with Crippen LogP contribution >= 0.6 is 0 Å². The number of hydrazine groups is 1. The van der Waals surface area contributed by atoms with Crippen molar-refractivity contribution in [2.24, 2.45) is 11.8 Å². The fraction of sp³-hybridized carbons (Fsp3) is 0.588. The molecule has 1 atom stereocenters. The molecule has 4 heteroatoms. The fourth-order valence-corrected chi connectivity index (χ4v) is 3.17. The van der Waals surface area contributed by atoms with Gasteiger partial charge >= 0.3 is 0 Å². The van der Waals surface area contributed by atoms with Crippen molar-refractivity contribution in [3.63, 3.8) is 0 Å². The van der Waals surface area contributed by atoms with Crippen molar-refractivity contribution in [3.05, 3.63) is 30.1 Å². The van der Waals surface area contributed by atoms with Crippen LogP contribution in [0.5, 0.6) is 0 Å². The molecule has 1 unspecified atom stereocenters. The maximum atomic E-state index is 5.80. The van der Waals surface area contributed by atoms with E-state index in [1.54, 1.807) is 0 Å². The molecule has 2 rings (SSSR count). The van der Waals surface area contributed by atoms with E-state index in [2.05, 4.69) is 55.0 Å². The lowest BCUT2D eigenvalue weighted by Gasteiger charge is -2.24. The monoisotopic (exact) mass is 288 g/mol. The average Bonchev–Trinajstić information content (AvgIpc) is 2.85. The van der Waals surface area contributed by atoms with Crippen molar-refractivity contribution < 1.29 is 0 Å². The molecule has 0 bridgehead atoms. The minimum Gasteiger partial charge on any atom is -0.328 e. The smallest absolute Gasteiger partial charge is 0.111 e. The quantitative estimate of drug-likeness (QED) is 0.579. The molecular weight excluding hydrogens is 260 g/mol. The Morgan fingerprint density at radius 2 is 1.90 bits per heavy atom. The number of hydrogen-bond acceptors (Lipinski definition) is 3. The van der Waals surface area contributed by atoms with E-state index in [9.17, 15) is 0 Å². The van der Waals surface area contributed by atoms with Crippen LogP contribution in [0.25, 0.3) is 11.0 Å². The van der Waals surface area contributed by atoms with Crippen molar-refractivity contribution >= 4 is 11.0 Å². The zero-order chi connectivity index (χ0) is 15.2. The molecule has 0 aliphatic rings. The van der Waals surface area contributed by atoms with Gasteiger partial charge in [0.05, 0.1) is 11.0 Å². The van der Waals surface area contributed by atoms with Gasteiger partial charge in [0, 0.05) is 19.0 Å². The number of aryl methyl sites for hydroxylation is 1. The van der Waals surface area contributed by atoms with Crippen molar-refractivity contribution in [1.82, 2.24) is 15.0 Å². The Morgan fingerprint density at radius 3 is 2.52 bits per heavy atom. The van der Waals surface area contributed by atoms with Crippen molar-refractivity contribution in [2.75, 3.05) is 0 Å². The van der Waals surface area contributed by atoms with Gasteiger partial charge in [0.15, 0.2) is 0 Å². The zero-order valence-corrected chi connectivity index (χ0v) is 13.5. The van der Waals surface area contributed by atoms with Gasteiger partial charge in [0.2, 0.25) is 0 Å². The number of nitrogens with one attached hydrogen (secondary N) is 1. The Hall–Kier alpha value is -1.39. The van der Waals surface area contributed by atoms with Crippen LogP contribution in [0.3, 0.4) is 0 Å². The Labute approximate surface area is 127 Å². The number of para-hydroxylation sites is 2. The van der Waals surface area contributed by atoms with Crippen LogP contribution in [0.4, 0.5) is 0 Å².